The van der Waals surface area contributed by atoms with E-state index in [1.165, 1.54) is 24.3 Å². The summed E-state index contributed by atoms with van der Waals surface area (Å²) in [7, 11) is 0. The van der Waals surface area contributed by atoms with Crippen molar-refractivity contribution in [2.45, 2.75) is 31.7 Å². The molecule has 1 fully saturated rings. The lowest BCUT2D eigenvalue weighted by atomic mass is 10.00. The zero-order valence-electron chi connectivity index (χ0n) is 13.5. The Morgan fingerprint density at radius 3 is 2.56 bits per heavy atom. The van der Waals surface area contributed by atoms with Gasteiger partial charge in [0.25, 0.3) is 0 Å². The van der Waals surface area contributed by atoms with Crippen molar-refractivity contribution in [3.63, 3.8) is 0 Å². The molecule has 0 aromatic heterocycles. The van der Waals surface area contributed by atoms with E-state index in [1.807, 2.05) is 0 Å². The van der Waals surface area contributed by atoms with Crippen LogP contribution in [0.4, 0.5) is 13.2 Å². The molecule has 3 N–H and O–H groups in total. The van der Waals surface area contributed by atoms with Crippen LogP contribution in [0.25, 0.3) is 0 Å². The molecule has 2 rings (SSSR count). The van der Waals surface area contributed by atoms with Gasteiger partial charge < -0.3 is 20.5 Å². The van der Waals surface area contributed by atoms with E-state index in [0.29, 0.717) is 13.0 Å². The number of hydrogen-bond donors (Lipinski definition) is 3. The first kappa shape index (κ1) is 21.5. The Labute approximate surface area is 150 Å². The molecule has 0 radical (unpaired) electrons. The van der Waals surface area contributed by atoms with Gasteiger partial charge in [0, 0.05) is 19.1 Å². The van der Waals surface area contributed by atoms with Crippen LogP contribution in [-0.4, -0.2) is 43.1 Å². The number of aliphatic hydroxyl groups is 1. The van der Waals surface area contributed by atoms with Crippen molar-refractivity contribution >= 4 is 18.3 Å². The highest BCUT2D eigenvalue weighted by Crippen LogP contribution is 2.23. The van der Waals surface area contributed by atoms with E-state index in [2.05, 4.69) is 15.4 Å². The summed E-state index contributed by atoms with van der Waals surface area (Å²) in [5, 5.41) is 15.3. The predicted octanol–water partition coefficient (Wildman–Crippen LogP) is 2.03. The Kier molecular flexibility index (Phi) is 8.47. The van der Waals surface area contributed by atoms with Gasteiger partial charge in [-0.25, -0.2) is 0 Å². The second kappa shape index (κ2) is 9.84. The Morgan fingerprint density at radius 2 is 2.04 bits per heavy atom. The summed E-state index contributed by atoms with van der Waals surface area (Å²) in [5.41, 5.74) is 0.761. The molecule has 0 aliphatic carbocycles. The van der Waals surface area contributed by atoms with E-state index in [4.69, 9.17) is 0 Å². The summed E-state index contributed by atoms with van der Waals surface area (Å²) < 4.78 is 40.1. The van der Waals surface area contributed by atoms with E-state index in [1.54, 1.807) is 0 Å². The van der Waals surface area contributed by atoms with Crippen LogP contribution >= 0.6 is 12.4 Å². The average Bonchev–Trinajstić information content (AvgIpc) is 3.06. The maximum absolute atomic E-state index is 12.1. The highest BCUT2D eigenvalue weighted by molar-refractivity contribution is 5.85. The molecular formula is C16H22ClF3N2O3. The number of benzene rings is 1. The Balaban J connectivity index is 0.00000312. The van der Waals surface area contributed by atoms with Crippen LogP contribution in [0, 0.1) is 5.92 Å². The number of ether oxygens (including phenoxy) is 1. The van der Waals surface area contributed by atoms with Crippen molar-refractivity contribution in [3.05, 3.63) is 29.8 Å². The zero-order chi connectivity index (χ0) is 17.6. The number of nitrogens with one attached hydrogen (secondary N) is 2. The van der Waals surface area contributed by atoms with E-state index in [9.17, 15) is 23.1 Å². The topological polar surface area (TPSA) is 70.6 Å². The summed E-state index contributed by atoms with van der Waals surface area (Å²) in [6.45, 7) is 1.02. The maximum Gasteiger partial charge on any atom is 0.573 e. The Bertz CT molecular complexity index is 534. The first-order valence-electron chi connectivity index (χ1n) is 7.84. The van der Waals surface area contributed by atoms with Gasteiger partial charge in [-0.15, -0.1) is 25.6 Å². The van der Waals surface area contributed by atoms with Crippen molar-refractivity contribution < 1.29 is 27.8 Å². The number of alkyl halides is 3. The zero-order valence-corrected chi connectivity index (χ0v) is 14.3. The normalized spacial score (nSPS) is 18.3. The van der Waals surface area contributed by atoms with E-state index in [-0.39, 0.29) is 42.6 Å². The largest absolute Gasteiger partial charge is 0.573 e. The van der Waals surface area contributed by atoms with Crippen LogP contribution in [-0.2, 0) is 11.2 Å². The predicted molar refractivity (Wildman–Crippen MR) is 88.7 cm³/mol. The van der Waals surface area contributed by atoms with Crippen LogP contribution in [0.5, 0.6) is 5.75 Å². The molecule has 0 spiro atoms. The standard InChI is InChI=1S/C16H21F3N2O3.ClH/c17-16(18,19)24-13-5-3-11(4-6-13)8-12(10-22)9-21-15(23)14-2-1-7-20-14;/h3-6,12,14,20,22H,1-2,7-10H2,(H,21,23);1H. The minimum atomic E-state index is -4.71. The fourth-order valence-corrected chi connectivity index (χ4v) is 2.64. The van der Waals surface area contributed by atoms with Gasteiger partial charge in [0.05, 0.1) is 6.04 Å². The Hall–Kier alpha value is -1.51. The molecule has 9 heteroatoms. The highest BCUT2D eigenvalue weighted by atomic mass is 35.5. The van der Waals surface area contributed by atoms with Crippen LogP contribution in [0.2, 0.25) is 0 Å². The average molecular weight is 383 g/mol. The molecule has 1 aliphatic rings. The minimum Gasteiger partial charge on any atom is -0.406 e. The molecule has 142 valence electrons. The third-order valence-corrected chi connectivity index (χ3v) is 3.88. The summed E-state index contributed by atoms with van der Waals surface area (Å²) in [6, 6.07) is 5.33. The number of carbonyl (C=O) groups is 1. The van der Waals surface area contributed by atoms with Crippen LogP contribution < -0.4 is 15.4 Å². The summed E-state index contributed by atoms with van der Waals surface area (Å²) in [5.74, 6) is -0.572. The number of amides is 1. The van der Waals surface area contributed by atoms with Crippen molar-refractivity contribution in [1.82, 2.24) is 10.6 Å². The SMILES string of the molecule is Cl.O=C(NCC(CO)Cc1ccc(OC(F)(F)F)cc1)C1CCCN1. The van der Waals surface area contributed by atoms with Crippen molar-refractivity contribution in [3.8, 4) is 5.75 Å². The second-order valence-electron chi connectivity index (χ2n) is 5.84. The minimum absolute atomic E-state index is 0. The van der Waals surface area contributed by atoms with Gasteiger partial charge in [-0.3, -0.25) is 4.79 Å². The first-order valence-corrected chi connectivity index (χ1v) is 7.84. The number of aliphatic hydroxyl groups excluding tert-OH is 1. The third kappa shape index (κ3) is 7.50. The van der Waals surface area contributed by atoms with Crippen molar-refractivity contribution in [2.24, 2.45) is 5.92 Å². The van der Waals surface area contributed by atoms with Gasteiger partial charge in [0.2, 0.25) is 5.91 Å². The molecule has 5 nitrogen and oxygen atoms in total. The number of halogens is 4. The van der Waals surface area contributed by atoms with Crippen molar-refractivity contribution in [2.75, 3.05) is 19.7 Å². The molecule has 0 saturated carbocycles. The molecule has 1 amide bonds. The number of rotatable bonds is 7. The quantitative estimate of drug-likeness (QED) is 0.675. The summed E-state index contributed by atoms with van der Waals surface area (Å²) in [6.07, 6.45) is -2.50. The van der Waals surface area contributed by atoms with Crippen LogP contribution in [0.3, 0.4) is 0 Å². The molecule has 25 heavy (non-hydrogen) atoms. The lowest BCUT2D eigenvalue weighted by Gasteiger charge is -2.17. The monoisotopic (exact) mass is 382 g/mol. The Morgan fingerprint density at radius 1 is 1.36 bits per heavy atom. The van der Waals surface area contributed by atoms with Gasteiger partial charge in [0.15, 0.2) is 0 Å². The van der Waals surface area contributed by atoms with E-state index < -0.39 is 6.36 Å². The molecule has 1 heterocycles. The molecule has 2 unspecified atom stereocenters. The molecule has 0 bridgehead atoms. The molecule has 1 aromatic carbocycles. The number of hydrogen-bond acceptors (Lipinski definition) is 4. The first-order chi connectivity index (χ1) is 11.4. The lowest BCUT2D eigenvalue weighted by Crippen LogP contribution is -2.42. The van der Waals surface area contributed by atoms with Gasteiger partial charge in [-0.2, -0.15) is 0 Å². The lowest BCUT2D eigenvalue weighted by molar-refractivity contribution is -0.274. The van der Waals surface area contributed by atoms with Crippen LogP contribution in [0.15, 0.2) is 24.3 Å². The molecule has 1 saturated heterocycles. The second-order valence-corrected chi connectivity index (χ2v) is 5.84. The molecule has 1 aliphatic heterocycles. The molecular weight excluding hydrogens is 361 g/mol. The number of carbonyl (C=O) groups excluding carboxylic acids is 1. The van der Waals surface area contributed by atoms with E-state index in [0.717, 1.165) is 24.9 Å². The van der Waals surface area contributed by atoms with Gasteiger partial charge >= 0.3 is 6.36 Å². The fraction of sp³-hybridized carbons (Fsp3) is 0.562. The van der Waals surface area contributed by atoms with Gasteiger partial charge in [-0.05, 0) is 43.5 Å². The fourth-order valence-electron chi connectivity index (χ4n) is 2.64. The molecule has 2 atom stereocenters. The molecule has 1 aromatic rings. The highest BCUT2D eigenvalue weighted by Gasteiger charge is 2.31. The van der Waals surface area contributed by atoms with Crippen LogP contribution in [0.1, 0.15) is 18.4 Å². The van der Waals surface area contributed by atoms with Crippen molar-refractivity contribution in [1.29, 1.82) is 0 Å². The van der Waals surface area contributed by atoms with Gasteiger partial charge in [0.1, 0.15) is 5.75 Å². The van der Waals surface area contributed by atoms with Gasteiger partial charge in [-0.1, -0.05) is 12.1 Å². The summed E-state index contributed by atoms with van der Waals surface area (Å²) >= 11 is 0. The smallest absolute Gasteiger partial charge is 0.406 e. The maximum atomic E-state index is 12.1. The summed E-state index contributed by atoms with van der Waals surface area (Å²) in [4.78, 5) is 11.9. The third-order valence-electron chi connectivity index (χ3n) is 3.88. The van der Waals surface area contributed by atoms with E-state index >= 15 is 0 Å².